The van der Waals surface area contributed by atoms with E-state index in [1.807, 2.05) is 0 Å². The Morgan fingerprint density at radius 3 is 2.44 bits per heavy atom. The monoisotopic (exact) mass is 398 g/mol. The number of aliphatic imine (C=N–C) groups is 1. The van der Waals surface area contributed by atoms with Crippen molar-refractivity contribution in [1.82, 2.24) is 4.98 Å². The number of amidine groups is 1. The topological polar surface area (TPSA) is 80.4 Å². The van der Waals surface area contributed by atoms with Crippen molar-refractivity contribution < 1.29 is 18.0 Å². The Morgan fingerprint density at radius 2 is 1.89 bits per heavy atom. The Morgan fingerprint density at radius 1 is 1.26 bits per heavy atom. The summed E-state index contributed by atoms with van der Waals surface area (Å²) in [7, 11) is 0. The maximum absolute atomic E-state index is 12.6. The number of aromatic nitrogens is 1. The molecule has 0 aliphatic heterocycles. The molecule has 0 saturated carbocycles. The number of amides is 1. The number of pyridine rings is 1. The van der Waals surface area contributed by atoms with Crippen LogP contribution in [0.3, 0.4) is 0 Å². The van der Waals surface area contributed by atoms with Crippen LogP contribution in [0.4, 0.5) is 18.9 Å². The zero-order valence-electron chi connectivity index (χ0n) is 14.6. The summed E-state index contributed by atoms with van der Waals surface area (Å²) in [5, 5.41) is 3.21. The number of benzene rings is 1. The average Bonchev–Trinajstić information content (AvgIpc) is 2.59. The summed E-state index contributed by atoms with van der Waals surface area (Å²) in [6.45, 7) is 3.59. The van der Waals surface area contributed by atoms with Gasteiger partial charge >= 0.3 is 6.18 Å². The van der Waals surface area contributed by atoms with Gasteiger partial charge < -0.3 is 11.1 Å². The van der Waals surface area contributed by atoms with Crippen molar-refractivity contribution in [2.24, 2.45) is 16.6 Å². The first-order valence-corrected chi connectivity index (χ1v) is 8.39. The minimum absolute atomic E-state index is 0.0592. The van der Waals surface area contributed by atoms with E-state index in [9.17, 15) is 18.0 Å². The predicted octanol–water partition coefficient (Wildman–Crippen LogP) is 4.25. The maximum Gasteiger partial charge on any atom is 0.416 e. The van der Waals surface area contributed by atoms with Crippen LogP contribution in [0, 0.1) is 5.92 Å². The quantitative estimate of drug-likeness (QED) is 0.582. The number of nitrogens with zero attached hydrogens (tertiary/aromatic N) is 2. The number of nitrogens with one attached hydrogen (secondary N) is 1. The van der Waals surface area contributed by atoms with E-state index >= 15 is 0 Å². The second-order valence-corrected chi connectivity index (χ2v) is 6.49. The summed E-state index contributed by atoms with van der Waals surface area (Å²) in [6, 6.07) is 4.75. The van der Waals surface area contributed by atoms with Crippen LogP contribution in [0.25, 0.3) is 0 Å². The molecule has 1 amide bonds. The highest BCUT2D eigenvalue weighted by Crippen LogP contribution is 2.29. The number of nitrogens with two attached hydrogens (primary N) is 1. The fraction of sp³-hybridized carbons (Fsp3) is 0.278. The van der Waals surface area contributed by atoms with E-state index in [1.54, 1.807) is 13.8 Å². The van der Waals surface area contributed by atoms with Crippen molar-refractivity contribution >= 4 is 29.0 Å². The standard InChI is InChI=1S/C18H18ClF3N4O/c1-10(2)17(27)26-16(23)15-13(19)8-24-9-14(15)25-7-11-3-5-12(6-4-11)18(20,21)22/h3-6,8-10,25H,7H2,1-2H3,(H2,23,26,27). The molecule has 27 heavy (non-hydrogen) atoms. The summed E-state index contributed by atoms with van der Waals surface area (Å²) in [5.41, 5.74) is 6.54. The van der Waals surface area contributed by atoms with Crippen molar-refractivity contribution in [2.45, 2.75) is 26.6 Å². The van der Waals surface area contributed by atoms with E-state index in [1.165, 1.54) is 24.5 Å². The smallest absolute Gasteiger partial charge is 0.383 e. The second kappa shape index (κ2) is 8.39. The molecule has 0 fully saturated rings. The molecule has 1 heterocycles. The van der Waals surface area contributed by atoms with E-state index in [4.69, 9.17) is 17.3 Å². The lowest BCUT2D eigenvalue weighted by Gasteiger charge is -2.13. The molecule has 0 aliphatic rings. The SMILES string of the molecule is CC(C)C(=O)N=C(N)c1c(Cl)cncc1NCc1ccc(C(F)(F)F)cc1. The predicted molar refractivity (Wildman–Crippen MR) is 98.6 cm³/mol. The normalized spacial score (nSPS) is 12.3. The molecule has 0 saturated heterocycles. The van der Waals surface area contributed by atoms with Gasteiger partial charge in [0.25, 0.3) is 0 Å². The molecule has 0 unspecified atom stereocenters. The Hall–Kier alpha value is -2.61. The third kappa shape index (κ3) is 5.43. The van der Waals surface area contributed by atoms with Crippen LogP contribution in [0.1, 0.15) is 30.5 Å². The molecule has 0 atom stereocenters. The van der Waals surface area contributed by atoms with Crippen molar-refractivity contribution in [3.8, 4) is 0 Å². The Kier molecular flexibility index (Phi) is 6.43. The van der Waals surface area contributed by atoms with Gasteiger partial charge in [0, 0.05) is 18.7 Å². The Balaban J connectivity index is 2.22. The Bertz CT molecular complexity index is 849. The molecule has 144 valence electrons. The zero-order valence-corrected chi connectivity index (χ0v) is 15.4. The third-order valence-corrected chi connectivity index (χ3v) is 3.93. The van der Waals surface area contributed by atoms with Gasteiger partial charge in [0.05, 0.1) is 28.0 Å². The molecule has 1 aromatic carbocycles. The number of halogens is 4. The van der Waals surface area contributed by atoms with Gasteiger partial charge in [0.2, 0.25) is 5.91 Å². The lowest BCUT2D eigenvalue weighted by Crippen LogP contribution is -2.20. The minimum Gasteiger partial charge on any atom is -0.383 e. The molecule has 2 rings (SSSR count). The highest BCUT2D eigenvalue weighted by molar-refractivity contribution is 6.35. The van der Waals surface area contributed by atoms with Crippen molar-refractivity contribution in [2.75, 3.05) is 5.32 Å². The van der Waals surface area contributed by atoms with Crippen LogP contribution in [-0.2, 0) is 17.5 Å². The fourth-order valence-corrected chi connectivity index (χ4v) is 2.40. The second-order valence-electron chi connectivity index (χ2n) is 6.08. The lowest BCUT2D eigenvalue weighted by atomic mass is 10.1. The van der Waals surface area contributed by atoms with Crippen LogP contribution >= 0.6 is 11.6 Å². The van der Waals surface area contributed by atoms with Crippen LogP contribution < -0.4 is 11.1 Å². The number of rotatable bonds is 5. The number of alkyl halides is 3. The van der Waals surface area contributed by atoms with Crippen molar-refractivity contribution in [1.29, 1.82) is 0 Å². The van der Waals surface area contributed by atoms with Gasteiger partial charge in [-0.05, 0) is 17.7 Å². The summed E-state index contributed by atoms with van der Waals surface area (Å²) in [5.74, 6) is -0.780. The molecular formula is C18H18ClF3N4O. The molecule has 0 aliphatic carbocycles. The molecule has 3 N–H and O–H groups in total. The Labute approximate surface area is 159 Å². The first kappa shape index (κ1) is 20.7. The molecule has 2 aromatic rings. The van der Waals surface area contributed by atoms with Gasteiger partial charge in [0.15, 0.2) is 0 Å². The van der Waals surface area contributed by atoms with E-state index in [0.717, 1.165) is 12.1 Å². The van der Waals surface area contributed by atoms with E-state index < -0.39 is 17.6 Å². The first-order valence-electron chi connectivity index (χ1n) is 8.01. The van der Waals surface area contributed by atoms with Crippen LogP contribution in [0.15, 0.2) is 41.7 Å². The van der Waals surface area contributed by atoms with Crippen LogP contribution in [-0.4, -0.2) is 16.7 Å². The van der Waals surface area contributed by atoms with Gasteiger partial charge in [-0.15, -0.1) is 0 Å². The molecule has 0 spiro atoms. The molecule has 0 bridgehead atoms. The first-order chi connectivity index (χ1) is 12.6. The van der Waals surface area contributed by atoms with E-state index in [2.05, 4.69) is 15.3 Å². The summed E-state index contributed by atoms with van der Waals surface area (Å²) < 4.78 is 37.9. The highest BCUT2D eigenvalue weighted by Gasteiger charge is 2.29. The number of carbonyl (C=O) groups excluding carboxylic acids is 1. The van der Waals surface area contributed by atoms with Gasteiger partial charge in [-0.2, -0.15) is 18.2 Å². The van der Waals surface area contributed by atoms with Gasteiger partial charge in [0.1, 0.15) is 5.84 Å². The minimum atomic E-state index is -4.39. The number of hydrogen-bond acceptors (Lipinski definition) is 3. The number of anilines is 1. The summed E-state index contributed by atoms with van der Waals surface area (Å²) in [6.07, 6.45) is -1.57. The third-order valence-electron chi connectivity index (χ3n) is 3.64. The number of hydrogen-bond donors (Lipinski definition) is 2. The van der Waals surface area contributed by atoms with Gasteiger partial charge in [-0.25, -0.2) is 0 Å². The van der Waals surface area contributed by atoms with Gasteiger partial charge in [-0.3, -0.25) is 9.78 Å². The lowest BCUT2D eigenvalue weighted by molar-refractivity contribution is -0.137. The van der Waals surface area contributed by atoms with Crippen LogP contribution in [0.5, 0.6) is 0 Å². The molecule has 0 radical (unpaired) electrons. The van der Waals surface area contributed by atoms with Crippen molar-refractivity contribution in [3.63, 3.8) is 0 Å². The highest BCUT2D eigenvalue weighted by atomic mass is 35.5. The maximum atomic E-state index is 12.6. The fourth-order valence-electron chi connectivity index (χ4n) is 2.14. The molecule has 1 aromatic heterocycles. The van der Waals surface area contributed by atoms with E-state index in [-0.39, 0.29) is 23.3 Å². The molecule has 5 nitrogen and oxygen atoms in total. The summed E-state index contributed by atoms with van der Waals surface area (Å²) >= 11 is 6.14. The molecule has 9 heteroatoms. The van der Waals surface area contributed by atoms with Crippen molar-refractivity contribution in [3.05, 3.63) is 58.4 Å². The molecular weight excluding hydrogens is 381 g/mol. The van der Waals surface area contributed by atoms with Crippen LogP contribution in [0.2, 0.25) is 5.02 Å². The van der Waals surface area contributed by atoms with E-state index in [0.29, 0.717) is 16.8 Å². The number of carbonyl (C=O) groups is 1. The average molecular weight is 399 g/mol. The zero-order chi connectivity index (χ0) is 20.2. The summed E-state index contributed by atoms with van der Waals surface area (Å²) in [4.78, 5) is 19.6. The largest absolute Gasteiger partial charge is 0.416 e. The van der Waals surface area contributed by atoms with Gasteiger partial charge in [-0.1, -0.05) is 37.6 Å².